The van der Waals surface area contributed by atoms with E-state index in [2.05, 4.69) is 15.4 Å². The Kier molecular flexibility index (Phi) is 5.71. The first-order chi connectivity index (χ1) is 14.1. The summed E-state index contributed by atoms with van der Waals surface area (Å²) in [6, 6.07) is 1.03. The smallest absolute Gasteiger partial charge is 0.348 e. The number of carbonyl (C=O) groups excluding carboxylic acids is 2. The summed E-state index contributed by atoms with van der Waals surface area (Å²) < 4.78 is 7.79. The van der Waals surface area contributed by atoms with Crippen LogP contribution in [-0.4, -0.2) is 37.3 Å². The summed E-state index contributed by atoms with van der Waals surface area (Å²) in [6.07, 6.45) is 2.32. The Hall–Kier alpha value is -3.52. The predicted molar refractivity (Wildman–Crippen MR) is 110 cm³/mol. The molecular formula is C19H20N6O4S. The maximum atomic E-state index is 13.1. The summed E-state index contributed by atoms with van der Waals surface area (Å²) in [7, 11) is 1.59. The quantitative estimate of drug-likeness (QED) is 0.616. The van der Waals surface area contributed by atoms with Crippen LogP contribution in [0.15, 0.2) is 17.3 Å². The number of nitrogens with zero attached hydrogens (tertiary/aromatic N) is 5. The Morgan fingerprint density at radius 3 is 2.67 bits per heavy atom. The Labute approximate surface area is 175 Å². The first-order valence-electron chi connectivity index (χ1n) is 9.09. The van der Waals surface area contributed by atoms with Crippen molar-refractivity contribution in [3.8, 4) is 6.07 Å². The fourth-order valence-corrected chi connectivity index (χ4v) is 3.91. The Bertz CT molecular complexity index is 1250. The van der Waals surface area contributed by atoms with Crippen LogP contribution in [0.5, 0.6) is 0 Å². The van der Waals surface area contributed by atoms with Crippen molar-refractivity contribution in [3.05, 3.63) is 38.9 Å². The molecule has 10 nitrogen and oxygen atoms in total. The lowest BCUT2D eigenvalue weighted by molar-refractivity contribution is -0.118. The summed E-state index contributed by atoms with van der Waals surface area (Å²) in [4.78, 5) is 43.1. The molecule has 0 saturated carbocycles. The molecule has 1 N–H and O–H groups in total. The molecule has 0 aliphatic rings. The van der Waals surface area contributed by atoms with Crippen LogP contribution in [0, 0.1) is 18.3 Å². The van der Waals surface area contributed by atoms with Gasteiger partial charge in [-0.05, 0) is 33.3 Å². The Morgan fingerprint density at radius 1 is 1.33 bits per heavy atom. The molecule has 0 fully saturated rings. The molecule has 3 rings (SSSR count). The molecular weight excluding hydrogens is 408 g/mol. The van der Waals surface area contributed by atoms with Gasteiger partial charge in [0, 0.05) is 7.05 Å². The summed E-state index contributed by atoms with van der Waals surface area (Å²) in [5, 5.41) is 16.0. The maximum Gasteiger partial charge on any atom is 0.348 e. The van der Waals surface area contributed by atoms with E-state index in [1.54, 1.807) is 34.7 Å². The molecule has 0 radical (unpaired) electrons. The van der Waals surface area contributed by atoms with Crippen LogP contribution >= 0.6 is 11.3 Å². The molecule has 1 amide bonds. The molecule has 0 aromatic carbocycles. The van der Waals surface area contributed by atoms with Crippen molar-refractivity contribution in [2.45, 2.75) is 39.8 Å². The second-order valence-corrected chi connectivity index (χ2v) is 7.95. The first kappa shape index (κ1) is 21.2. The van der Waals surface area contributed by atoms with Gasteiger partial charge in [0.1, 0.15) is 33.2 Å². The number of nitriles is 1. The van der Waals surface area contributed by atoms with Gasteiger partial charge in [-0.1, -0.05) is 0 Å². The van der Waals surface area contributed by atoms with Crippen LogP contribution in [0.3, 0.4) is 0 Å². The zero-order valence-corrected chi connectivity index (χ0v) is 17.9. The first-order valence-corrected chi connectivity index (χ1v) is 9.91. The van der Waals surface area contributed by atoms with Gasteiger partial charge < -0.3 is 10.1 Å². The van der Waals surface area contributed by atoms with Gasteiger partial charge in [-0.25, -0.2) is 9.78 Å². The SMILES string of the molecule is Cc1c(C(=O)OC(C)C)sc2ncn(C(C)C(=O)Nc3c(C#N)cnn3C)c(=O)c12. The lowest BCUT2D eigenvalue weighted by Crippen LogP contribution is -2.32. The van der Waals surface area contributed by atoms with E-state index < -0.39 is 23.5 Å². The average Bonchev–Trinajstić information content (AvgIpc) is 3.21. The van der Waals surface area contributed by atoms with E-state index in [1.165, 1.54) is 21.8 Å². The number of thiophene rings is 1. The largest absolute Gasteiger partial charge is 0.459 e. The zero-order chi connectivity index (χ0) is 22.2. The number of fused-ring (bicyclic) bond motifs is 1. The van der Waals surface area contributed by atoms with Crippen LogP contribution in [0.1, 0.15) is 47.6 Å². The predicted octanol–water partition coefficient (Wildman–Crippen LogP) is 2.14. The number of rotatable bonds is 5. The van der Waals surface area contributed by atoms with Gasteiger partial charge in [-0.2, -0.15) is 10.4 Å². The van der Waals surface area contributed by atoms with E-state index >= 15 is 0 Å². The fraction of sp³-hybridized carbons (Fsp3) is 0.368. The summed E-state index contributed by atoms with van der Waals surface area (Å²) in [5.74, 6) is -0.782. The molecule has 30 heavy (non-hydrogen) atoms. The maximum absolute atomic E-state index is 13.1. The lowest BCUT2D eigenvalue weighted by atomic mass is 10.2. The summed E-state index contributed by atoms with van der Waals surface area (Å²) in [6.45, 7) is 6.68. The second kappa shape index (κ2) is 8.08. The number of carbonyl (C=O) groups is 2. The van der Waals surface area contributed by atoms with E-state index in [9.17, 15) is 14.4 Å². The highest BCUT2D eigenvalue weighted by molar-refractivity contribution is 7.20. The minimum atomic E-state index is -0.916. The molecule has 1 unspecified atom stereocenters. The highest BCUT2D eigenvalue weighted by Crippen LogP contribution is 2.28. The number of anilines is 1. The van der Waals surface area contributed by atoms with Gasteiger partial charge >= 0.3 is 5.97 Å². The molecule has 156 valence electrons. The van der Waals surface area contributed by atoms with Gasteiger partial charge in [-0.15, -0.1) is 11.3 Å². The molecule has 0 spiro atoms. The van der Waals surface area contributed by atoms with Crippen molar-refractivity contribution in [3.63, 3.8) is 0 Å². The lowest BCUT2D eigenvalue weighted by Gasteiger charge is -2.15. The number of aryl methyl sites for hydroxylation is 2. The number of esters is 1. The van der Waals surface area contributed by atoms with Crippen molar-refractivity contribution in [1.82, 2.24) is 19.3 Å². The third kappa shape index (κ3) is 3.69. The van der Waals surface area contributed by atoms with Gasteiger partial charge in [0.25, 0.3) is 5.56 Å². The topological polar surface area (TPSA) is 132 Å². The number of aromatic nitrogens is 4. The van der Waals surface area contributed by atoms with E-state index in [0.717, 1.165) is 11.3 Å². The Morgan fingerprint density at radius 2 is 2.03 bits per heavy atom. The number of hydrogen-bond acceptors (Lipinski definition) is 8. The van der Waals surface area contributed by atoms with Crippen molar-refractivity contribution in [2.75, 3.05) is 5.32 Å². The minimum Gasteiger partial charge on any atom is -0.459 e. The van der Waals surface area contributed by atoms with Crippen molar-refractivity contribution >= 4 is 39.2 Å². The molecule has 3 aromatic heterocycles. The summed E-state index contributed by atoms with van der Waals surface area (Å²) in [5.41, 5.74) is 0.241. The van der Waals surface area contributed by atoms with Crippen molar-refractivity contribution in [2.24, 2.45) is 7.05 Å². The van der Waals surface area contributed by atoms with Gasteiger partial charge in [-0.3, -0.25) is 18.8 Å². The van der Waals surface area contributed by atoms with E-state index in [1.807, 2.05) is 6.07 Å². The minimum absolute atomic E-state index is 0.209. The van der Waals surface area contributed by atoms with Crippen LogP contribution in [0.4, 0.5) is 5.82 Å². The molecule has 0 saturated heterocycles. The van der Waals surface area contributed by atoms with Gasteiger partial charge in [0.05, 0.1) is 24.0 Å². The summed E-state index contributed by atoms with van der Waals surface area (Å²) >= 11 is 1.08. The number of nitrogens with one attached hydrogen (secondary N) is 1. The van der Waals surface area contributed by atoms with E-state index in [0.29, 0.717) is 15.3 Å². The Balaban J connectivity index is 1.97. The normalized spacial score (nSPS) is 12.0. The highest BCUT2D eigenvalue weighted by Gasteiger charge is 2.25. The molecule has 0 aliphatic carbocycles. The van der Waals surface area contributed by atoms with Gasteiger partial charge in [0.2, 0.25) is 5.91 Å². The monoisotopic (exact) mass is 428 g/mol. The number of amides is 1. The average molecular weight is 428 g/mol. The van der Waals surface area contributed by atoms with Crippen LogP contribution in [0.25, 0.3) is 10.2 Å². The second-order valence-electron chi connectivity index (χ2n) is 6.95. The molecule has 1 atom stereocenters. The third-order valence-electron chi connectivity index (χ3n) is 4.50. The number of hydrogen-bond donors (Lipinski definition) is 1. The van der Waals surface area contributed by atoms with Crippen LogP contribution in [0.2, 0.25) is 0 Å². The zero-order valence-electron chi connectivity index (χ0n) is 17.1. The third-order valence-corrected chi connectivity index (χ3v) is 5.68. The van der Waals surface area contributed by atoms with Crippen molar-refractivity contribution < 1.29 is 14.3 Å². The van der Waals surface area contributed by atoms with Crippen LogP contribution < -0.4 is 10.9 Å². The number of ether oxygens (including phenoxy) is 1. The molecule has 0 bridgehead atoms. The fourth-order valence-electron chi connectivity index (χ4n) is 2.89. The van der Waals surface area contributed by atoms with Gasteiger partial charge in [0.15, 0.2) is 0 Å². The molecule has 3 aromatic rings. The van der Waals surface area contributed by atoms with E-state index in [-0.39, 0.29) is 22.9 Å². The van der Waals surface area contributed by atoms with Crippen LogP contribution in [-0.2, 0) is 16.6 Å². The van der Waals surface area contributed by atoms with E-state index in [4.69, 9.17) is 10.00 Å². The molecule has 11 heteroatoms. The molecule has 0 aliphatic heterocycles. The standard InChI is InChI=1S/C19H20N6O4S/c1-9(2)29-19(28)14-10(3)13-17(30-14)21-8-25(18(13)27)11(4)16(26)23-15-12(6-20)7-22-24(15)5/h7-9,11H,1-5H3,(H,23,26). The van der Waals surface area contributed by atoms with Crippen molar-refractivity contribution in [1.29, 1.82) is 5.26 Å². The molecule has 3 heterocycles. The highest BCUT2D eigenvalue weighted by atomic mass is 32.1.